The number of hydrogen-bond acceptors (Lipinski definition) is 3. The van der Waals surface area contributed by atoms with Crippen LogP contribution in [0.4, 0.5) is 0 Å². The van der Waals surface area contributed by atoms with Crippen LogP contribution in [0.15, 0.2) is 6.33 Å². The van der Waals surface area contributed by atoms with E-state index >= 15 is 0 Å². The van der Waals surface area contributed by atoms with Gasteiger partial charge in [0, 0.05) is 12.4 Å². The lowest BCUT2D eigenvalue weighted by atomic mass is 10.5. The summed E-state index contributed by atoms with van der Waals surface area (Å²) in [6.07, 6.45) is 3.80. The summed E-state index contributed by atoms with van der Waals surface area (Å²) >= 11 is 7.46. The van der Waals surface area contributed by atoms with Crippen molar-refractivity contribution >= 4 is 23.4 Å². The van der Waals surface area contributed by atoms with Crippen LogP contribution in [0.2, 0.25) is 0 Å². The lowest BCUT2D eigenvalue weighted by Gasteiger charge is -2.03. The van der Waals surface area contributed by atoms with Crippen molar-refractivity contribution in [1.82, 2.24) is 14.8 Å². The maximum absolute atomic E-state index is 5.60. The summed E-state index contributed by atoms with van der Waals surface area (Å²) in [5.41, 5.74) is 0. The summed E-state index contributed by atoms with van der Waals surface area (Å²) in [6.45, 7) is 3.11. The zero-order valence-electron chi connectivity index (χ0n) is 8.45. The first-order valence-corrected chi connectivity index (χ1v) is 6.57. The molecule has 3 nitrogen and oxygen atoms in total. The highest BCUT2D eigenvalue weighted by atomic mass is 35.5. The Morgan fingerprint density at radius 1 is 1.57 bits per heavy atom. The molecule has 1 rings (SSSR count). The van der Waals surface area contributed by atoms with Crippen molar-refractivity contribution in [2.75, 3.05) is 11.6 Å². The molecule has 1 aromatic heterocycles. The minimum Gasteiger partial charge on any atom is -0.249 e. The smallest absolute Gasteiger partial charge is 0.138 e. The Balaban J connectivity index is 2.30. The number of rotatable bonds is 7. The average molecular weight is 234 g/mol. The number of thioether (sulfide) groups is 1. The van der Waals surface area contributed by atoms with E-state index in [-0.39, 0.29) is 0 Å². The minimum absolute atomic E-state index is 0.745. The van der Waals surface area contributed by atoms with E-state index in [4.69, 9.17) is 11.6 Å². The Labute approximate surface area is 94.2 Å². The quantitative estimate of drug-likeness (QED) is 0.536. The van der Waals surface area contributed by atoms with Crippen LogP contribution in [0.3, 0.4) is 0 Å². The third-order valence-corrected chi connectivity index (χ3v) is 3.09. The van der Waals surface area contributed by atoms with Crippen LogP contribution in [0.5, 0.6) is 0 Å². The van der Waals surface area contributed by atoms with Crippen LogP contribution in [-0.2, 0) is 12.3 Å². The van der Waals surface area contributed by atoms with Gasteiger partial charge in [0.25, 0.3) is 0 Å². The van der Waals surface area contributed by atoms with E-state index in [9.17, 15) is 0 Å². The molecular weight excluding hydrogens is 218 g/mol. The Bertz CT molecular complexity index is 252. The molecule has 0 radical (unpaired) electrons. The van der Waals surface area contributed by atoms with E-state index in [2.05, 4.69) is 17.0 Å². The molecule has 0 aliphatic rings. The molecule has 0 spiro atoms. The van der Waals surface area contributed by atoms with Crippen molar-refractivity contribution < 1.29 is 0 Å². The van der Waals surface area contributed by atoms with E-state index in [1.54, 1.807) is 6.33 Å². The first-order chi connectivity index (χ1) is 6.88. The summed E-state index contributed by atoms with van der Waals surface area (Å²) in [5, 5.41) is 4.17. The van der Waals surface area contributed by atoms with Gasteiger partial charge in [0.15, 0.2) is 0 Å². The zero-order valence-corrected chi connectivity index (χ0v) is 10.0. The van der Waals surface area contributed by atoms with E-state index in [1.165, 1.54) is 0 Å². The number of halogens is 1. The predicted octanol–water partition coefficient (Wildman–Crippen LogP) is 2.55. The molecule has 0 saturated carbocycles. The molecule has 0 atom stereocenters. The van der Waals surface area contributed by atoms with Crippen molar-refractivity contribution in [1.29, 1.82) is 0 Å². The molecule has 0 amide bonds. The number of nitrogens with zero attached hydrogens (tertiary/aromatic N) is 3. The Morgan fingerprint density at radius 2 is 2.43 bits per heavy atom. The van der Waals surface area contributed by atoms with Gasteiger partial charge in [-0.15, -0.1) is 11.6 Å². The lowest BCUT2D eigenvalue weighted by molar-refractivity contribution is 0.581. The van der Waals surface area contributed by atoms with Crippen LogP contribution in [0, 0.1) is 0 Å². The molecule has 0 fully saturated rings. The van der Waals surface area contributed by atoms with Gasteiger partial charge in [0.1, 0.15) is 12.2 Å². The van der Waals surface area contributed by atoms with Crippen molar-refractivity contribution in [2.24, 2.45) is 0 Å². The van der Waals surface area contributed by atoms with Crippen molar-refractivity contribution in [3.05, 3.63) is 12.2 Å². The van der Waals surface area contributed by atoms with Crippen LogP contribution in [0.25, 0.3) is 0 Å². The normalized spacial score (nSPS) is 10.7. The Hall–Kier alpha value is -0.220. The maximum Gasteiger partial charge on any atom is 0.138 e. The fourth-order valence-electron chi connectivity index (χ4n) is 1.12. The highest BCUT2D eigenvalue weighted by Gasteiger charge is 2.02. The summed E-state index contributed by atoms with van der Waals surface area (Å²) in [7, 11) is 0. The average Bonchev–Trinajstić information content (AvgIpc) is 2.61. The fraction of sp³-hybridized carbons (Fsp3) is 0.778. The molecule has 80 valence electrons. The summed E-state index contributed by atoms with van der Waals surface area (Å²) in [4.78, 5) is 4.23. The highest BCUT2D eigenvalue weighted by molar-refractivity contribution is 7.98. The van der Waals surface area contributed by atoms with Gasteiger partial charge < -0.3 is 0 Å². The second kappa shape index (κ2) is 7.12. The summed E-state index contributed by atoms with van der Waals surface area (Å²) < 4.78 is 1.98. The van der Waals surface area contributed by atoms with Crippen LogP contribution < -0.4 is 0 Å². The molecule has 0 bridgehead atoms. The summed E-state index contributed by atoms with van der Waals surface area (Å²) in [6, 6.07) is 0. The van der Waals surface area contributed by atoms with Gasteiger partial charge in [-0.2, -0.15) is 16.9 Å². The van der Waals surface area contributed by atoms with Crippen molar-refractivity contribution in [3.63, 3.8) is 0 Å². The number of aryl methyl sites for hydroxylation is 1. The molecule has 0 aliphatic heterocycles. The SMILES string of the molecule is CCCn1ncnc1CSCCCCl. The van der Waals surface area contributed by atoms with E-state index in [0.29, 0.717) is 0 Å². The van der Waals surface area contributed by atoms with Crippen LogP contribution in [-0.4, -0.2) is 26.4 Å². The number of aromatic nitrogens is 3. The lowest BCUT2D eigenvalue weighted by Crippen LogP contribution is -2.04. The van der Waals surface area contributed by atoms with Crippen molar-refractivity contribution in [2.45, 2.75) is 32.1 Å². The first kappa shape index (κ1) is 11.9. The molecule has 1 aromatic rings. The molecule has 5 heteroatoms. The predicted molar refractivity (Wildman–Crippen MR) is 61.8 cm³/mol. The minimum atomic E-state index is 0.745. The molecule has 0 aliphatic carbocycles. The molecule has 0 N–H and O–H groups in total. The highest BCUT2D eigenvalue weighted by Crippen LogP contribution is 2.11. The van der Waals surface area contributed by atoms with Crippen LogP contribution >= 0.6 is 23.4 Å². The molecule has 1 heterocycles. The van der Waals surface area contributed by atoms with Gasteiger partial charge in [0.2, 0.25) is 0 Å². The van der Waals surface area contributed by atoms with Gasteiger partial charge >= 0.3 is 0 Å². The van der Waals surface area contributed by atoms with E-state index < -0.39 is 0 Å². The molecule has 0 aromatic carbocycles. The number of alkyl halides is 1. The monoisotopic (exact) mass is 233 g/mol. The fourth-order valence-corrected chi connectivity index (χ4v) is 2.31. The van der Waals surface area contributed by atoms with Crippen LogP contribution in [0.1, 0.15) is 25.6 Å². The van der Waals surface area contributed by atoms with E-state index in [1.807, 2.05) is 16.4 Å². The number of hydrogen-bond donors (Lipinski definition) is 0. The third kappa shape index (κ3) is 3.88. The topological polar surface area (TPSA) is 30.7 Å². The summed E-state index contributed by atoms with van der Waals surface area (Å²) in [5.74, 6) is 3.86. The largest absolute Gasteiger partial charge is 0.249 e. The molecule has 0 saturated heterocycles. The third-order valence-electron chi connectivity index (χ3n) is 1.78. The second-order valence-corrected chi connectivity index (χ2v) is 4.48. The van der Waals surface area contributed by atoms with Gasteiger partial charge in [0.05, 0.1) is 5.75 Å². The van der Waals surface area contributed by atoms with Gasteiger partial charge in [-0.05, 0) is 18.6 Å². The Morgan fingerprint density at radius 3 is 3.14 bits per heavy atom. The van der Waals surface area contributed by atoms with Gasteiger partial charge in [-0.3, -0.25) is 0 Å². The maximum atomic E-state index is 5.60. The van der Waals surface area contributed by atoms with Crippen molar-refractivity contribution in [3.8, 4) is 0 Å². The molecule has 0 unspecified atom stereocenters. The Kier molecular flexibility index (Phi) is 6.03. The van der Waals surface area contributed by atoms with E-state index in [0.717, 1.165) is 42.6 Å². The molecule has 14 heavy (non-hydrogen) atoms. The standard InChI is InChI=1S/C9H16ClN3S/c1-2-5-13-9(11-8-12-13)7-14-6-3-4-10/h8H,2-7H2,1H3. The molecular formula is C9H16ClN3S. The second-order valence-electron chi connectivity index (χ2n) is 2.99. The van der Waals surface area contributed by atoms with Gasteiger partial charge in [-0.1, -0.05) is 6.92 Å². The first-order valence-electron chi connectivity index (χ1n) is 4.89. The van der Waals surface area contributed by atoms with Gasteiger partial charge in [-0.25, -0.2) is 9.67 Å². The zero-order chi connectivity index (χ0) is 10.2.